The third-order valence-electron chi connectivity index (χ3n) is 20.9. The first-order chi connectivity index (χ1) is 32.0. The summed E-state index contributed by atoms with van der Waals surface area (Å²) in [5, 5.41) is 5.06. The van der Waals surface area contributed by atoms with Crippen LogP contribution in [-0.4, -0.2) is 62.2 Å². The highest BCUT2D eigenvalue weighted by Crippen LogP contribution is 2.71. The molecule has 15 rings (SSSR count). The monoisotopic (exact) mass is 894 g/mol. The number of carbonyl (C=O) groups excluding carboxylic acids is 1. The molecule has 5 aliphatic heterocycles. The van der Waals surface area contributed by atoms with E-state index >= 15 is 0 Å². The summed E-state index contributed by atoms with van der Waals surface area (Å²) in [5.41, 5.74) is 8.90. The van der Waals surface area contributed by atoms with Crippen LogP contribution in [-0.2, 0) is 14.3 Å². The number of pyridine rings is 2. The Morgan fingerprint density at radius 2 is 1.18 bits per heavy atom. The fraction of sp³-hybridized carbons (Fsp3) is 0.557. The van der Waals surface area contributed by atoms with Crippen LogP contribution in [0.25, 0.3) is 21.5 Å². The minimum Gasteiger partial charge on any atom is -0.359 e. The summed E-state index contributed by atoms with van der Waals surface area (Å²) in [5.74, 6) is 3.52. The lowest BCUT2D eigenvalue weighted by atomic mass is 9.58. The van der Waals surface area contributed by atoms with Gasteiger partial charge in [-0.2, -0.15) is 0 Å². The average molecular weight is 894 g/mol. The van der Waals surface area contributed by atoms with Gasteiger partial charge in [-0.25, -0.2) is 0 Å². The van der Waals surface area contributed by atoms with E-state index < -0.39 is 0 Å². The smallest absolute Gasteiger partial charge is 0.136 e. The lowest BCUT2D eigenvalue weighted by Gasteiger charge is -2.56. The van der Waals surface area contributed by atoms with Gasteiger partial charge in [0, 0.05) is 67.5 Å². The van der Waals surface area contributed by atoms with Crippen LogP contribution in [0, 0.1) is 28.6 Å². The summed E-state index contributed by atoms with van der Waals surface area (Å²) in [7, 11) is 0. The van der Waals surface area contributed by atoms with Crippen LogP contribution in [0.3, 0.4) is 0 Å². The maximum atomic E-state index is 12.4. The van der Waals surface area contributed by atoms with Crippen molar-refractivity contribution in [3.8, 4) is 0 Å². The van der Waals surface area contributed by atoms with Gasteiger partial charge < -0.3 is 9.47 Å². The molecular weight excluding hydrogens is 823 g/mol. The number of hydrogen-bond donors (Lipinski definition) is 0. The Labute approximate surface area is 398 Å². The molecule has 6 heteroatoms. The number of rotatable bonds is 3. The summed E-state index contributed by atoms with van der Waals surface area (Å²) >= 11 is 0. The van der Waals surface area contributed by atoms with Crippen LogP contribution < -0.4 is 0 Å². The zero-order chi connectivity index (χ0) is 44.3. The zero-order valence-electron chi connectivity index (χ0n) is 39.5. The molecule has 4 spiro atoms. The molecule has 7 heterocycles. The molecule has 11 aliphatic rings. The molecule has 4 aromatic rings. The van der Waals surface area contributed by atoms with E-state index in [4.69, 9.17) is 9.47 Å². The summed E-state index contributed by atoms with van der Waals surface area (Å²) < 4.78 is 14.6. The third kappa shape index (κ3) is 6.00. The molecule has 67 heavy (non-hydrogen) atoms. The summed E-state index contributed by atoms with van der Waals surface area (Å²) in [6.07, 6.45) is 35.7. The van der Waals surface area contributed by atoms with Crippen LogP contribution in [0.15, 0.2) is 120 Å². The van der Waals surface area contributed by atoms with Gasteiger partial charge in [-0.05, 0) is 199 Å². The van der Waals surface area contributed by atoms with Gasteiger partial charge in [-0.15, -0.1) is 0 Å². The maximum absolute atomic E-state index is 12.4. The first kappa shape index (κ1) is 42.8. The van der Waals surface area contributed by atoms with Crippen molar-refractivity contribution < 1.29 is 14.3 Å². The van der Waals surface area contributed by atoms with Crippen LogP contribution in [0.2, 0.25) is 0 Å². The highest BCUT2D eigenvalue weighted by atomic mass is 16.5. The van der Waals surface area contributed by atoms with Crippen LogP contribution in [0.1, 0.15) is 154 Å². The standard InChI is InChI=1S/C32H38N2O.C28H29NO2.CH4/c1-21-19-34(20-21)27-6-5-25-16-26-9-11-30(2)28(23-4-3-22-10-14-33-18-24(22)15-23)7-8-29(30)32(26)13-12-31(25,17-27)35-32;1-26-10-8-22-15-21-4-5-23(30)16-27(21)11-12-28(22,31-27)25(26)7-6-24(26)19-3-2-18-9-13-29-17-20(18)14-19;/h3-4,9-10,14-16,18,21,27-29H,5-8,11-13,17,19-20H2,1-2H3;2-3,8-9,13-15,17,24-25H,4-7,10-12,16H2,1H3;1H4/t27-,28-,29-,30-,31?,32-;24-,25-,26-,27?,28-;/m11./s1. The number of aromatic nitrogens is 2. The molecule has 0 N–H and O–H groups in total. The second kappa shape index (κ2) is 14.9. The largest absolute Gasteiger partial charge is 0.359 e. The number of benzene rings is 2. The summed E-state index contributed by atoms with van der Waals surface area (Å²) in [4.78, 5) is 23.9. The fourth-order valence-corrected chi connectivity index (χ4v) is 17.7. The maximum Gasteiger partial charge on any atom is 0.136 e. The van der Waals surface area contributed by atoms with Gasteiger partial charge in [-0.1, -0.05) is 76.8 Å². The normalized spacial score (nSPS) is 41.1. The van der Waals surface area contributed by atoms with Crippen LogP contribution in [0.4, 0.5) is 0 Å². The van der Waals surface area contributed by atoms with E-state index in [1.807, 2.05) is 24.8 Å². The van der Waals surface area contributed by atoms with Gasteiger partial charge in [0.2, 0.25) is 0 Å². The van der Waals surface area contributed by atoms with Crippen molar-refractivity contribution >= 4 is 27.3 Å². The number of hydrogen-bond acceptors (Lipinski definition) is 6. The molecule has 3 saturated heterocycles. The topological polar surface area (TPSA) is 64.6 Å². The molecule has 2 unspecified atom stereocenters. The van der Waals surface area contributed by atoms with Gasteiger partial charge in [0.05, 0.1) is 22.4 Å². The van der Waals surface area contributed by atoms with Crippen molar-refractivity contribution in [3.05, 3.63) is 131 Å². The first-order valence-corrected chi connectivity index (χ1v) is 26.2. The van der Waals surface area contributed by atoms with Crippen molar-refractivity contribution in [2.45, 2.75) is 171 Å². The lowest BCUT2D eigenvalue weighted by Crippen LogP contribution is -2.58. The fourth-order valence-electron chi connectivity index (χ4n) is 17.7. The van der Waals surface area contributed by atoms with Gasteiger partial charge in [0.1, 0.15) is 5.78 Å². The molecule has 2 aromatic carbocycles. The lowest BCUT2D eigenvalue weighted by molar-refractivity contribution is -0.146. The first-order valence-electron chi connectivity index (χ1n) is 26.2. The second-order valence-electron chi connectivity index (χ2n) is 24.1. The van der Waals surface area contributed by atoms with Crippen molar-refractivity contribution in [2.24, 2.45) is 28.6 Å². The van der Waals surface area contributed by atoms with Crippen LogP contribution in [0.5, 0.6) is 0 Å². The highest BCUT2D eigenvalue weighted by molar-refractivity contribution is 5.84. The van der Waals surface area contributed by atoms with Gasteiger partial charge in [0.25, 0.3) is 0 Å². The number of nitrogens with zero attached hydrogens (tertiary/aromatic N) is 3. The number of ether oxygens (including phenoxy) is 2. The van der Waals surface area contributed by atoms with E-state index in [0.29, 0.717) is 42.3 Å². The van der Waals surface area contributed by atoms with Gasteiger partial charge >= 0.3 is 0 Å². The quantitative estimate of drug-likeness (QED) is 0.204. The van der Waals surface area contributed by atoms with Crippen molar-refractivity contribution in [3.63, 3.8) is 0 Å². The molecule has 2 aromatic heterocycles. The molecule has 6 nitrogen and oxygen atoms in total. The van der Waals surface area contributed by atoms with Crippen molar-refractivity contribution in [1.82, 2.24) is 14.9 Å². The molecule has 348 valence electrons. The van der Waals surface area contributed by atoms with E-state index in [2.05, 4.69) is 108 Å². The molecule has 0 amide bonds. The molecular formula is C61H71N3O3. The van der Waals surface area contributed by atoms with Crippen molar-refractivity contribution in [2.75, 3.05) is 13.1 Å². The number of carbonyl (C=O) groups is 1. The van der Waals surface area contributed by atoms with E-state index in [-0.39, 0.29) is 40.7 Å². The van der Waals surface area contributed by atoms with Crippen LogP contribution >= 0.6 is 0 Å². The molecule has 6 aliphatic carbocycles. The Hall–Kier alpha value is -4.23. The Bertz CT molecular complexity index is 2850. The number of allylic oxidation sites excluding steroid dienone is 2. The van der Waals surface area contributed by atoms with E-state index in [1.54, 1.807) is 11.1 Å². The molecule has 4 saturated carbocycles. The molecule has 7 fully saturated rings. The van der Waals surface area contributed by atoms with E-state index in [9.17, 15) is 4.79 Å². The molecule has 4 bridgehead atoms. The van der Waals surface area contributed by atoms with Crippen molar-refractivity contribution in [1.29, 1.82) is 0 Å². The summed E-state index contributed by atoms with van der Waals surface area (Å²) in [6.45, 7) is 10.1. The third-order valence-corrected chi connectivity index (χ3v) is 20.9. The Morgan fingerprint density at radius 1 is 0.627 bits per heavy atom. The summed E-state index contributed by atoms with van der Waals surface area (Å²) in [6, 6.07) is 19.0. The Balaban J connectivity index is 0.000000132. The predicted molar refractivity (Wildman–Crippen MR) is 268 cm³/mol. The highest BCUT2D eigenvalue weighted by Gasteiger charge is 2.68. The number of ketones is 1. The molecule has 11 atom stereocenters. The van der Waals surface area contributed by atoms with E-state index in [1.165, 1.54) is 121 Å². The van der Waals surface area contributed by atoms with Gasteiger partial charge in [-0.3, -0.25) is 19.7 Å². The minimum atomic E-state index is -0.294. The van der Waals surface area contributed by atoms with E-state index in [0.717, 1.165) is 37.6 Å². The predicted octanol–water partition coefficient (Wildman–Crippen LogP) is 13.5. The minimum absolute atomic E-state index is 0. The average Bonchev–Trinajstić information content (AvgIpc) is 4.05. The number of Topliss-reactive ketones (excluding diaryl/α,β-unsaturated/α-hetero) is 1. The zero-order valence-corrected chi connectivity index (χ0v) is 39.5. The SMILES string of the molecule is C.CC1CN([C@@H]2CCC3=CC4=CC[C@]5(C)[C@@H](c6ccc7ccncc7c6)CC[C@H]5[C@@]45CCC3(C2)O5)C1.C[C@]12CC=C3C=C4CCC(=O)CC45CC[C@]3(O5)[C@@H]1CC[C@@H]2c1ccc2ccncc2c1. The Morgan fingerprint density at radius 3 is 1.76 bits per heavy atom. The number of likely N-dealkylation sites (tertiary alicyclic amines) is 1. The molecule has 0 radical (unpaired) electrons. The second-order valence-corrected chi connectivity index (χ2v) is 24.1. The number of fused-ring (bicyclic) bond motifs is 4. The Kier molecular flexibility index (Phi) is 9.52. The van der Waals surface area contributed by atoms with Gasteiger partial charge in [0.15, 0.2) is 0 Å².